The third kappa shape index (κ3) is 3.69. The molecule has 0 bridgehead atoms. The maximum atomic E-state index is 10.5. The zero-order chi connectivity index (χ0) is 11.3. The van der Waals surface area contributed by atoms with Crippen molar-refractivity contribution in [3.05, 3.63) is 35.4 Å². The van der Waals surface area contributed by atoms with Gasteiger partial charge in [-0.1, -0.05) is 24.3 Å². The van der Waals surface area contributed by atoms with Gasteiger partial charge in [-0.2, -0.15) is 0 Å². The number of rotatable bonds is 5. The maximum absolute atomic E-state index is 10.5. The first kappa shape index (κ1) is 11.7. The summed E-state index contributed by atoms with van der Waals surface area (Å²) in [6, 6.07) is 7.18. The molecule has 0 fully saturated rings. The minimum atomic E-state index is -0.970. The van der Waals surface area contributed by atoms with Crippen molar-refractivity contribution in [3.8, 4) is 0 Å². The minimum Gasteiger partial charge on any atom is -0.479 e. The van der Waals surface area contributed by atoms with Gasteiger partial charge in [-0.05, 0) is 18.1 Å². The number of aliphatic carboxylic acids is 1. The molecule has 0 aliphatic rings. The molecule has 0 aliphatic carbocycles. The molecule has 1 aromatic rings. The molecule has 0 heterocycles. The van der Waals surface area contributed by atoms with Crippen molar-refractivity contribution in [2.75, 3.05) is 0 Å². The third-order valence-electron chi connectivity index (χ3n) is 2.05. The minimum absolute atomic E-state index is 0.00661. The molecule has 1 atom stereocenters. The standard InChI is InChI=1S/C11H14O4/c1-8(11(13)14)15-7-10-4-2-9(6-12)3-5-10/h2-5,8,12H,6-7H2,1H3,(H,13,14). The monoisotopic (exact) mass is 210 g/mol. The SMILES string of the molecule is CC(OCc1ccc(CO)cc1)C(=O)O. The van der Waals surface area contributed by atoms with Crippen molar-refractivity contribution in [2.24, 2.45) is 0 Å². The zero-order valence-electron chi connectivity index (χ0n) is 8.51. The normalized spacial score (nSPS) is 12.4. The van der Waals surface area contributed by atoms with Gasteiger partial charge in [-0.3, -0.25) is 0 Å². The van der Waals surface area contributed by atoms with E-state index in [-0.39, 0.29) is 13.2 Å². The quantitative estimate of drug-likeness (QED) is 0.765. The molecular formula is C11H14O4. The number of hydrogen-bond donors (Lipinski definition) is 2. The Morgan fingerprint density at radius 3 is 2.33 bits per heavy atom. The average Bonchev–Trinajstić information content (AvgIpc) is 2.26. The van der Waals surface area contributed by atoms with Gasteiger partial charge >= 0.3 is 5.97 Å². The molecule has 0 spiro atoms. The van der Waals surface area contributed by atoms with Gasteiger partial charge in [-0.25, -0.2) is 4.79 Å². The fourth-order valence-electron chi connectivity index (χ4n) is 1.03. The Kier molecular flexibility index (Phi) is 4.27. The molecule has 4 nitrogen and oxygen atoms in total. The highest BCUT2D eigenvalue weighted by molar-refractivity contribution is 5.71. The van der Waals surface area contributed by atoms with Crippen molar-refractivity contribution >= 4 is 5.97 Å². The first-order valence-electron chi connectivity index (χ1n) is 4.66. The molecule has 0 aliphatic heterocycles. The maximum Gasteiger partial charge on any atom is 0.332 e. The topological polar surface area (TPSA) is 66.8 Å². The van der Waals surface area contributed by atoms with Gasteiger partial charge in [0.2, 0.25) is 0 Å². The van der Waals surface area contributed by atoms with Crippen LogP contribution < -0.4 is 0 Å². The Balaban J connectivity index is 2.47. The molecule has 82 valence electrons. The molecular weight excluding hydrogens is 196 g/mol. The van der Waals surface area contributed by atoms with E-state index in [0.29, 0.717) is 0 Å². The molecule has 0 amide bonds. The Hall–Kier alpha value is -1.39. The van der Waals surface area contributed by atoms with Gasteiger partial charge in [0.1, 0.15) is 0 Å². The summed E-state index contributed by atoms with van der Waals surface area (Å²) in [4.78, 5) is 10.5. The second kappa shape index (κ2) is 5.48. The van der Waals surface area contributed by atoms with E-state index < -0.39 is 12.1 Å². The largest absolute Gasteiger partial charge is 0.479 e. The fraction of sp³-hybridized carbons (Fsp3) is 0.364. The molecule has 0 saturated heterocycles. The van der Waals surface area contributed by atoms with Gasteiger partial charge in [-0.15, -0.1) is 0 Å². The molecule has 1 rings (SSSR count). The lowest BCUT2D eigenvalue weighted by atomic mass is 10.1. The van der Waals surface area contributed by atoms with Crippen LogP contribution in [0.1, 0.15) is 18.1 Å². The van der Waals surface area contributed by atoms with Crippen molar-refractivity contribution in [1.29, 1.82) is 0 Å². The number of ether oxygens (including phenoxy) is 1. The number of carboxylic acids is 1. The smallest absolute Gasteiger partial charge is 0.332 e. The lowest BCUT2D eigenvalue weighted by Crippen LogP contribution is -2.19. The Morgan fingerprint density at radius 1 is 1.33 bits per heavy atom. The Labute approximate surface area is 88.1 Å². The second-order valence-corrected chi connectivity index (χ2v) is 3.27. The summed E-state index contributed by atoms with van der Waals surface area (Å²) in [5.74, 6) is -0.970. The highest BCUT2D eigenvalue weighted by Gasteiger charge is 2.10. The second-order valence-electron chi connectivity index (χ2n) is 3.27. The Morgan fingerprint density at radius 2 is 1.87 bits per heavy atom. The van der Waals surface area contributed by atoms with E-state index in [0.717, 1.165) is 11.1 Å². The molecule has 15 heavy (non-hydrogen) atoms. The summed E-state index contributed by atoms with van der Waals surface area (Å²) in [7, 11) is 0. The summed E-state index contributed by atoms with van der Waals surface area (Å²) in [5.41, 5.74) is 1.71. The lowest BCUT2D eigenvalue weighted by Gasteiger charge is -2.08. The lowest BCUT2D eigenvalue weighted by molar-refractivity contribution is -0.149. The molecule has 2 N–H and O–H groups in total. The van der Waals surface area contributed by atoms with Crippen LogP contribution in [0.5, 0.6) is 0 Å². The van der Waals surface area contributed by atoms with Gasteiger partial charge < -0.3 is 14.9 Å². The third-order valence-corrected chi connectivity index (χ3v) is 2.05. The predicted octanol–water partition coefficient (Wildman–Crippen LogP) is 1.17. The van der Waals surface area contributed by atoms with Crippen LogP contribution in [0.15, 0.2) is 24.3 Å². The highest BCUT2D eigenvalue weighted by atomic mass is 16.5. The van der Waals surface area contributed by atoms with Crippen LogP contribution in [0, 0.1) is 0 Å². The van der Waals surface area contributed by atoms with E-state index in [1.54, 1.807) is 24.3 Å². The van der Waals surface area contributed by atoms with Crippen LogP contribution in [0.4, 0.5) is 0 Å². The van der Waals surface area contributed by atoms with Crippen molar-refractivity contribution in [3.63, 3.8) is 0 Å². The van der Waals surface area contributed by atoms with E-state index in [4.69, 9.17) is 14.9 Å². The summed E-state index contributed by atoms with van der Waals surface area (Å²) < 4.78 is 5.10. The van der Waals surface area contributed by atoms with Crippen LogP contribution in [0.25, 0.3) is 0 Å². The van der Waals surface area contributed by atoms with Gasteiger partial charge in [0, 0.05) is 0 Å². The number of carboxylic acid groups (broad SMARTS) is 1. The summed E-state index contributed by atoms with van der Waals surface area (Å²) in [6.07, 6.45) is -0.803. The molecule has 0 radical (unpaired) electrons. The molecule has 0 aromatic heterocycles. The summed E-state index contributed by atoms with van der Waals surface area (Å²) >= 11 is 0. The first-order valence-corrected chi connectivity index (χ1v) is 4.66. The number of aliphatic hydroxyl groups is 1. The van der Waals surface area contributed by atoms with Crippen molar-refractivity contribution in [2.45, 2.75) is 26.2 Å². The molecule has 4 heteroatoms. The van der Waals surface area contributed by atoms with E-state index in [9.17, 15) is 4.79 Å². The first-order chi connectivity index (χ1) is 7.13. The predicted molar refractivity (Wildman–Crippen MR) is 54.3 cm³/mol. The van der Waals surface area contributed by atoms with Gasteiger partial charge in [0.15, 0.2) is 6.10 Å². The Bertz CT molecular complexity index is 318. The van der Waals surface area contributed by atoms with Crippen molar-refractivity contribution in [1.82, 2.24) is 0 Å². The molecule has 1 aromatic carbocycles. The van der Waals surface area contributed by atoms with Gasteiger partial charge in [0.25, 0.3) is 0 Å². The molecule has 0 saturated carbocycles. The summed E-state index contributed by atoms with van der Waals surface area (Å²) in [5, 5.41) is 17.4. The van der Waals surface area contributed by atoms with Crippen LogP contribution in [-0.2, 0) is 22.7 Å². The number of aliphatic hydroxyl groups excluding tert-OH is 1. The van der Waals surface area contributed by atoms with Gasteiger partial charge in [0.05, 0.1) is 13.2 Å². The number of hydrogen-bond acceptors (Lipinski definition) is 3. The van der Waals surface area contributed by atoms with Crippen molar-refractivity contribution < 1.29 is 19.7 Å². The average molecular weight is 210 g/mol. The van der Waals surface area contributed by atoms with E-state index >= 15 is 0 Å². The zero-order valence-corrected chi connectivity index (χ0v) is 8.51. The van der Waals surface area contributed by atoms with E-state index in [2.05, 4.69) is 0 Å². The molecule has 1 unspecified atom stereocenters. The fourth-order valence-corrected chi connectivity index (χ4v) is 1.03. The van der Waals surface area contributed by atoms with Crippen LogP contribution in [0.3, 0.4) is 0 Å². The van der Waals surface area contributed by atoms with Crippen LogP contribution >= 0.6 is 0 Å². The van der Waals surface area contributed by atoms with Crippen LogP contribution in [-0.4, -0.2) is 22.3 Å². The number of carbonyl (C=O) groups is 1. The summed E-state index contributed by atoms with van der Waals surface area (Å²) in [6.45, 7) is 1.76. The van der Waals surface area contributed by atoms with E-state index in [1.807, 2.05) is 0 Å². The number of benzene rings is 1. The highest BCUT2D eigenvalue weighted by Crippen LogP contribution is 2.07. The van der Waals surface area contributed by atoms with Crippen LogP contribution in [0.2, 0.25) is 0 Å². The van der Waals surface area contributed by atoms with E-state index in [1.165, 1.54) is 6.92 Å².